The molecule has 1 amide bonds. The monoisotopic (exact) mass is 326 g/mol. The molecule has 3 fully saturated rings. The van der Waals surface area contributed by atoms with Crippen LogP contribution in [0.4, 0.5) is 0 Å². The van der Waals surface area contributed by atoms with Gasteiger partial charge < -0.3 is 4.90 Å². The molecule has 3 heterocycles. The zero-order chi connectivity index (χ0) is 14.7. The summed E-state index contributed by atoms with van der Waals surface area (Å²) in [6.45, 7) is 0. The molecule has 4 rings (SSSR count). The predicted octanol–water partition coefficient (Wildman–Crippen LogP) is 1.29. The first-order valence-electron chi connectivity index (χ1n) is 7.35. The Hall–Kier alpha value is -0.920. The summed E-state index contributed by atoms with van der Waals surface area (Å²) in [5, 5.41) is 5.52. The fraction of sp³-hybridized carbons (Fsp3) is 0.643. The highest BCUT2D eigenvalue weighted by Gasteiger charge is 2.60. The van der Waals surface area contributed by atoms with Crippen LogP contribution in [0.2, 0.25) is 0 Å². The smallest absolute Gasteiger partial charge is 0.244 e. The van der Waals surface area contributed by atoms with E-state index >= 15 is 0 Å². The van der Waals surface area contributed by atoms with Crippen LogP contribution in [-0.2, 0) is 14.6 Å². The minimum absolute atomic E-state index is 0.0422. The summed E-state index contributed by atoms with van der Waals surface area (Å²) in [4.78, 5) is 15.9. The molecule has 1 aromatic heterocycles. The maximum absolute atomic E-state index is 12.8. The van der Waals surface area contributed by atoms with Gasteiger partial charge in [-0.15, -0.1) is 11.3 Å². The van der Waals surface area contributed by atoms with Gasteiger partial charge in [0.25, 0.3) is 0 Å². The van der Waals surface area contributed by atoms with Gasteiger partial charge in [0.2, 0.25) is 5.91 Å². The van der Waals surface area contributed by atoms with E-state index in [0.29, 0.717) is 12.8 Å². The number of hydrogen-bond donors (Lipinski definition) is 1. The number of amides is 1. The average molecular weight is 326 g/mol. The molecule has 114 valence electrons. The van der Waals surface area contributed by atoms with Gasteiger partial charge in [-0.25, -0.2) is 8.42 Å². The minimum atomic E-state index is -2.90. The molecule has 5 nitrogen and oxygen atoms in total. The number of nitrogens with one attached hydrogen (secondary N) is 1. The van der Waals surface area contributed by atoms with Crippen molar-refractivity contribution in [2.45, 2.75) is 43.4 Å². The van der Waals surface area contributed by atoms with E-state index in [4.69, 9.17) is 0 Å². The van der Waals surface area contributed by atoms with Crippen molar-refractivity contribution >= 4 is 27.1 Å². The number of thiophene rings is 1. The first kappa shape index (κ1) is 13.7. The lowest BCUT2D eigenvalue weighted by molar-refractivity contribution is -0.133. The van der Waals surface area contributed by atoms with E-state index < -0.39 is 9.84 Å². The fourth-order valence-corrected chi connectivity index (χ4v) is 5.67. The van der Waals surface area contributed by atoms with Gasteiger partial charge in [0.05, 0.1) is 11.5 Å². The zero-order valence-electron chi connectivity index (χ0n) is 11.6. The summed E-state index contributed by atoms with van der Waals surface area (Å²) in [5.41, 5.74) is -0.356. The number of hydrogen-bond acceptors (Lipinski definition) is 5. The van der Waals surface area contributed by atoms with E-state index in [9.17, 15) is 13.2 Å². The number of rotatable bonds is 2. The van der Waals surface area contributed by atoms with E-state index in [1.807, 2.05) is 22.4 Å². The van der Waals surface area contributed by atoms with Crippen molar-refractivity contribution in [2.24, 2.45) is 0 Å². The van der Waals surface area contributed by atoms with Crippen molar-refractivity contribution < 1.29 is 13.2 Å². The van der Waals surface area contributed by atoms with Gasteiger partial charge in [-0.3, -0.25) is 10.1 Å². The van der Waals surface area contributed by atoms with Gasteiger partial charge in [-0.1, -0.05) is 6.07 Å². The first-order valence-corrected chi connectivity index (χ1v) is 10.1. The quantitative estimate of drug-likeness (QED) is 0.889. The van der Waals surface area contributed by atoms with Crippen LogP contribution < -0.4 is 5.32 Å². The molecule has 0 radical (unpaired) electrons. The Morgan fingerprint density at radius 1 is 1.29 bits per heavy atom. The molecule has 1 spiro atoms. The van der Waals surface area contributed by atoms with Crippen LogP contribution in [0, 0.1) is 0 Å². The minimum Gasteiger partial charge on any atom is -0.317 e. The molecule has 3 aliphatic rings. The summed E-state index contributed by atoms with van der Waals surface area (Å²) in [6, 6.07) is 4.08. The van der Waals surface area contributed by atoms with Crippen molar-refractivity contribution in [3.8, 4) is 0 Å². The lowest BCUT2D eigenvalue weighted by Gasteiger charge is -2.34. The van der Waals surface area contributed by atoms with Crippen LogP contribution in [0.3, 0.4) is 0 Å². The second kappa shape index (κ2) is 4.54. The Balaban J connectivity index is 1.63. The van der Waals surface area contributed by atoms with Crippen LogP contribution >= 0.6 is 11.3 Å². The Kier molecular flexibility index (Phi) is 2.96. The summed E-state index contributed by atoms with van der Waals surface area (Å²) < 4.78 is 23.3. The van der Waals surface area contributed by atoms with Crippen LogP contribution in [0.15, 0.2) is 17.5 Å². The van der Waals surface area contributed by atoms with Crippen molar-refractivity contribution in [2.75, 3.05) is 11.5 Å². The summed E-state index contributed by atoms with van der Waals surface area (Å²) in [6.07, 6.45) is 2.84. The highest BCUT2D eigenvalue weighted by Crippen LogP contribution is 2.48. The van der Waals surface area contributed by atoms with Gasteiger partial charge in [0.1, 0.15) is 21.5 Å². The standard InChI is InChI=1S/C14H18N2O3S2/c17-13-14(5-6-14)15-12(11-2-1-7-20-11)16(13)10-3-8-21(18,19)9-4-10/h1-2,7,10,12,15H,3-6,8-9H2. The third-order valence-electron chi connectivity index (χ3n) is 4.82. The molecule has 1 saturated carbocycles. The average Bonchev–Trinajstić information content (AvgIpc) is 2.92. The molecule has 1 unspecified atom stereocenters. The maximum Gasteiger partial charge on any atom is 0.244 e. The SMILES string of the molecule is O=C1N(C2CCS(=O)(=O)CC2)C(c2cccs2)NC12CC2. The van der Waals surface area contributed by atoms with Crippen molar-refractivity contribution in [1.29, 1.82) is 0 Å². The van der Waals surface area contributed by atoms with E-state index in [1.54, 1.807) is 11.3 Å². The lowest BCUT2D eigenvalue weighted by atomic mass is 10.1. The predicted molar refractivity (Wildman–Crippen MR) is 80.7 cm³/mol. The topological polar surface area (TPSA) is 66.5 Å². The molecule has 1 N–H and O–H groups in total. The summed E-state index contributed by atoms with van der Waals surface area (Å²) >= 11 is 1.64. The second-order valence-electron chi connectivity index (χ2n) is 6.24. The van der Waals surface area contributed by atoms with Crippen molar-refractivity contribution in [3.05, 3.63) is 22.4 Å². The third kappa shape index (κ3) is 2.22. The van der Waals surface area contributed by atoms with E-state index in [1.165, 1.54) is 0 Å². The van der Waals surface area contributed by atoms with E-state index in [-0.39, 0.29) is 35.2 Å². The molecule has 0 aromatic carbocycles. The summed E-state index contributed by atoms with van der Waals surface area (Å²) in [5.74, 6) is 0.571. The number of sulfone groups is 1. The maximum atomic E-state index is 12.8. The largest absolute Gasteiger partial charge is 0.317 e. The second-order valence-corrected chi connectivity index (χ2v) is 9.52. The molecular weight excluding hydrogens is 308 g/mol. The zero-order valence-corrected chi connectivity index (χ0v) is 13.3. The van der Waals surface area contributed by atoms with Gasteiger partial charge in [-0.05, 0) is 37.1 Å². The Morgan fingerprint density at radius 2 is 2.00 bits per heavy atom. The number of carbonyl (C=O) groups is 1. The molecule has 21 heavy (non-hydrogen) atoms. The number of carbonyl (C=O) groups excluding carboxylic acids is 1. The van der Waals surface area contributed by atoms with Crippen LogP contribution in [-0.4, -0.2) is 42.3 Å². The van der Waals surface area contributed by atoms with E-state index in [2.05, 4.69) is 5.32 Å². The van der Waals surface area contributed by atoms with Gasteiger partial charge >= 0.3 is 0 Å². The lowest BCUT2D eigenvalue weighted by Crippen LogP contribution is -2.44. The Morgan fingerprint density at radius 3 is 2.57 bits per heavy atom. The molecular formula is C14H18N2O3S2. The van der Waals surface area contributed by atoms with Crippen molar-refractivity contribution in [3.63, 3.8) is 0 Å². The van der Waals surface area contributed by atoms with Gasteiger partial charge in [-0.2, -0.15) is 0 Å². The van der Waals surface area contributed by atoms with Crippen LogP contribution in [0.5, 0.6) is 0 Å². The number of nitrogens with zero attached hydrogens (tertiary/aromatic N) is 1. The van der Waals surface area contributed by atoms with Crippen molar-refractivity contribution in [1.82, 2.24) is 10.2 Å². The fourth-order valence-electron chi connectivity index (χ4n) is 3.43. The molecule has 0 bridgehead atoms. The molecule has 1 aliphatic carbocycles. The molecule has 1 atom stereocenters. The molecule has 2 aliphatic heterocycles. The van der Waals surface area contributed by atoms with E-state index in [0.717, 1.165) is 17.7 Å². The normalized spacial score (nSPS) is 31.0. The van der Waals surface area contributed by atoms with Gasteiger partial charge in [0, 0.05) is 10.9 Å². The highest BCUT2D eigenvalue weighted by molar-refractivity contribution is 7.91. The van der Waals surface area contributed by atoms with Crippen LogP contribution in [0.1, 0.15) is 36.7 Å². The third-order valence-corrected chi connectivity index (χ3v) is 7.46. The molecule has 7 heteroatoms. The molecule has 2 saturated heterocycles. The highest BCUT2D eigenvalue weighted by atomic mass is 32.2. The first-order chi connectivity index (χ1) is 10.0. The molecule has 1 aromatic rings. The Bertz CT molecular complexity index is 650. The van der Waals surface area contributed by atoms with Gasteiger partial charge in [0.15, 0.2) is 0 Å². The summed E-state index contributed by atoms with van der Waals surface area (Å²) in [7, 11) is -2.90. The Labute approximate surface area is 128 Å². The van der Waals surface area contributed by atoms with Crippen LogP contribution in [0.25, 0.3) is 0 Å².